The summed E-state index contributed by atoms with van der Waals surface area (Å²) in [5.41, 5.74) is 2.63. The first-order chi connectivity index (χ1) is 12.7. The summed E-state index contributed by atoms with van der Waals surface area (Å²) >= 11 is 6.26. The third-order valence-electron chi connectivity index (χ3n) is 4.58. The van der Waals surface area contributed by atoms with Gasteiger partial charge in [0, 0.05) is 38.9 Å². The average Bonchev–Trinajstić information content (AvgIpc) is 3.09. The van der Waals surface area contributed by atoms with Gasteiger partial charge in [0.05, 0.1) is 5.02 Å². The maximum Gasteiger partial charge on any atom is 0.191 e. The number of halogens is 1. The molecule has 1 fully saturated rings. The SMILES string of the molecule is CN=C(NCCc1cccc(C)c1)NC1CCN(c2ncccc2Cl)C1. The quantitative estimate of drug-likeness (QED) is 0.626. The molecule has 0 spiro atoms. The Kier molecular flexibility index (Phi) is 6.34. The number of aliphatic imine (C=N–C) groups is 1. The summed E-state index contributed by atoms with van der Waals surface area (Å²) in [6, 6.07) is 12.7. The lowest BCUT2D eigenvalue weighted by molar-refractivity contribution is 0.648. The normalized spacial score (nSPS) is 17.4. The number of aryl methyl sites for hydroxylation is 1. The molecule has 0 aliphatic carbocycles. The zero-order valence-corrected chi connectivity index (χ0v) is 16.1. The fourth-order valence-corrected chi connectivity index (χ4v) is 3.50. The van der Waals surface area contributed by atoms with Crippen molar-refractivity contribution in [3.05, 3.63) is 58.7 Å². The van der Waals surface area contributed by atoms with Gasteiger partial charge < -0.3 is 15.5 Å². The molecule has 1 aliphatic rings. The lowest BCUT2D eigenvalue weighted by atomic mass is 10.1. The minimum absolute atomic E-state index is 0.332. The lowest BCUT2D eigenvalue weighted by Crippen LogP contribution is -2.45. The lowest BCUT2D eigenvalue weighted by Gasteiger charge is -2.20. The first-order valence-corrected chi connectivity index (χ1v) is 9.41. The van der Waals surface area contributed by atoms with Gasteiger partial charge in [-0.2, -0.15) is 0 Å². The molecule has 2 aromatic rings. The molecule has 0 bridgehead atoms. The highest BCUT2D eigenvalue weighted by molar-refractivity contribution is 6.32. The Balaban J connectivity index is 1.47. The molecule has 0 saturated carbocycles. The van der Waals surface area contributed by atoms with Crippen molar-refractivity contribution in [3.8, 4) is 0 Å². The summed E-state index contributed by atoms with van der Waals surface area (Å²) in [6.45, 7) is 4.78. The fraction of sp³-hybridized carbons (Fsp3) is 0.400. The van der Waals surface area contributed by atoms with Crippen LogP contribution in [0.2, 0.25) is 5.02 Å². The molecule has 6 heteroatoms. The van der Waals surface area contributed by atoms with Crippen molar-refractivity contribution in [2.75, 3.05) is 31.6 Å². The minimum atomic E-state index is 0.332. The van der Waals surface area contributed by atoms with Crippen LogP contribution in [-0.4, -0.2) is 43.7 Å². The number of benzene rings is 1. The summed E-state index contributed by atoms with van der Waals surface area (Å²) < 4.78 is 0. The van der Waals surface area contributed by atoms with Crippen LogP contribution in [0.3, 0.4) is 0 Å². The molecule has 0 amide bonds. The van der Waals surface area contributed by atoms with Gasteiger partial charge in [-0.1, -0.05) is 41.4 Å². The average molecular weight is 372 g/mol. The van der Waals surface area contributed by atoms with Crippen molar-refractivity contribution >= 4 is 23.4 Å². The van der Waals surface area contributed by atoms with Gasteiger partial charge in [-0.3, -0.25) is 4.99 Å². The zero-order valence-electron chi connectivity index (χ0n) is 15.4. The second-order valence-electron chi connectivity index (χ2n) is 6.62. The smallest absolute Gasteiger partial charge is 0.191 e. The van der Waals surface area contributed by atoms with Crippen LogP contribution >= 0.6 is 11.6 Å². The molecule has 1 aromatic carbocycles. The van der Waals surface area contributed by atoms with E-state index in [4.69, 9.17) is 11.6 Å². The maximum atomic E-state index is 6.26. The summed E-state index contributed by atoms with van der Waals surface area (Å²) in [7, 11) is 1.81. The Bertz CT molecular complexity index is 761. The Morgan fingerprint density at radius 2 is 2.23 bits per heavy atom. The molecule has 138 valence electrons. The zero-order chi connectivity index (χ0) is 18.4. The number of guanidine groups is 1. The van der Waals surface area contributed by atoms with E-state index in [0.717, 1.165) is 44.3 Å². The summed E-state index contributed by atoms with van der Waals surface area (Å²) in [5.74, 6) is 1.71. The first kappa shape index (κ1) is 18.5. The second-order valence-corrected chi connectivity index (χ2v) is 7.03. The molecule has 1 unspecified atom stereocenters. The summed E-state index contributed by atoms with van der Waals surface area (Å²) in [5, 5.41) is 7.62. The van der Waals surface area contributed by atoms with Crippen LogP contribution in [0.25, 0.3) is 0 Å². The molecule has 2 heterocycles. The number of nitrogens with zero attached hydrogens (tertiary/aromatic N) is 3. The van der Waals surface area contributed by atoms with Gasteiger partial charge in [0.1, 0.15) is 5.82 Å². The van der Waals surface area contributed by atoms with Crippen LogP contribution in [0.15, 0.2) is 47.6 Å². The number of nitrogens with one attached hydrogen (secondary N) is 2. The molecular weight excluding hydrogens is 346 g/mol. The molecule has 1 saturated heterocycles. The van der Waals surface area contributed by atoms with Crippen molar-refractivity contribution in [3.63, 3.8) is 0 Å². The van der Waals surface area contributed by atoms with Gasteiger partial charge in [-0.05, 0) is 37.5 Å². The van der Waals surface area contributed by atoms with E-state index in [2.05, 4.69) is 56.7 Å². The van der Waals surface area contributed by atoms with Crippen LogP contribution in [0.5, 0.6) is 0 Å². The van der Waals surface area contributed by atoms with Crippen molar-refractivity contribution in [1.82, 2.24) is 15.6 Å². The van der Waals surface area contributed by atoms with Gasteiger partial charge in [0.2, 0.25) is 0 Å². The van der Waals surface area contributed by atoms with Crippen molar-refractivity contribution < 1.29 is 0 Å². The number of aromatic nitrogens is 1. The van der Waals surface area contributed by atoms with Crippen LogP contribution in [0.1, 0.15) is 17.5 Å². The van der Waals surface area contributed by atoms with E-state index in [1.165, 1.54) is 11.1 Å². The molecule has 0 radical (unpaired) electrons. The van der Waals surface area contributed by atoms with E-state index in [0.29, 0.717) is 11.1 Å². The van der Waals surface area contributed by atoms with Crippen LogP contribution in [-0.2, 0) is 6.42 Å². The Morgan fingerprint density at radius 1 is 1.35 bits per heavy atom. The third-order valence-corrected chi connectivity index (χ3v) is 4.87. The molecule has 5 nitrogen and oxygen atoms in total. The van der Waals surface area contributed by atoms with Gasteiger partial charge in [-0.25, -0.2) is 4.98 Å². The van der Waals surface area contributed by atoms with Crippen LogP contribution in [0.4, 0.5) is 5.82 Å². The van der Waals surface area contributed by atoms with E-state index in [1.807, 2.05) is 19.2 Å². The number of rotatable bonds is 5. The molecule has 2 N–H and O–H groups in total. The molecule has 26 heavy (non-hydrogen) atoms. The molecule has 1 aliphatic heterocycles. The predicted octanol–water partition coefficient (Wildman–Crippen LogP) is 3.03. The third kappa shape index (κ3) is 4.88. The topological polar surface area (TPSA) is 52.6 Å². The first-order valence-electron chi connectivity index (χ1n) is 9.04. The van der Waals surface area contributed by atoms with E-state index < -0.39 is 0 Å². The van der Waals surface area contributed by atoms with Crippen molar-refractivity contribution in [1.29, 1.82) is 0 Å². The fourth-order valence-electron chi connectivity index (χ4n) is 3.26. The van der Waals surface area contributed by atoms with E-state index in [-0.39, 0.29) is 0 Å². The van der Waals surface area contributed by atoms with Gasteiger partial charge >= 0.3 is 0 Å². The Morgan fingerprint density at radius 3 is 3.00 bits per heavy atom. The molecule has 3 rings (SSSR count). The minimum Gasteiger partial charge on any atom is -0.356 e. The molecule has 1 atom stereocenters. The number of pyridine rings is 1. The monoisotopic (exact) mass is 371 g/mol. The Hall–Kier alpha value is -2.27. The number of anilines is 1. The van der Waals surface area contributed by atoms with Crippen molar-refractivity contribution in [2.24, 2.45) is 4.99 Å². The van der Waals surface area contributed by atoms with E-state index in [9.17, 15) is 0 Å². The summed E-state index contributed by atoms with van der Waals surface area (Å²) in [4.78, 5) is 11.0. The Labute approximate surface area is 160 Å². The van der Waals surface area contributed by atoms with Gasteiger partial charge in [-0.15, -0.1) is 0 Å². The van der Waals surface area contributed by atoms with Gasteiger partial charge in [0.25, 0.3) is 0 Å². The van der Waals surface area contributed by atoms with Gasteiger partial charge in [0.15, 0.2) is 5.96 Å². The van der Waals surface area contributed by atoms with E-state index >= 15 is 0 Å². The highest BCUT2D eigenvalue weighted by Crippen LogP contribution is 2.25. The maximum absolute atomic E-state index is 6.26. The number of hydrogen-bond acceptors (Lipinski definition) is 3. The predicted molar refractivity (Wildman–Crippen MR) is 109 cm³/mol. The largest absolute Gasteiger partial charge is 0.356 e. The standard InChI is InChI=1S/C20H26ClN5/c1-15-5-3-6-16(13-15)8-11-24-20(22-2)25-17-9-12-26(14-17)19-18(21)7-4-10-23-19/h3-7,10,13,17H,8-9,11-12,14H2,1-2H3,(H2,22,24,25). The summed E-state index contributed by atoms with van der Waals surface area (Å²) in [6.07, 6.45) is 3.79. The highest BCUT2D eigenvalue weighted by Gasteiger charge is 2.25. The van der Waals surface area contributed by atoms with Crippen LogP contribution in [0, 0.1) is 6.92 Å². The number of hydrogen-bond donors (Lipinski definition) is 2. The molecule has 1 aromatic heterocycles. The molecular formula is C20H26ClN5. The van der Waals surface area contributed by atoms with Crippen LogP contribution < -0.4 is 15.5 Å². The second kappa shape index (κ2) is 8.90. The van der Waals surface area contributed by atoms with E-state index in [1.54, 1.807) is 6.20 Å². The highest BCUT2D eigenvalue weighted by atomic mass is 35.5. The van der Waals surface area contributed by atoms with Crippen molar-refractivity contribution in [2.45, 2.75) is 25.8 Å².